The Morgan fingerprint density at radius 1 is 1.52 bits per heavy atom. The molecule has 0 saturated heterocycles. The molecule has 0 radical (unpaired) electrons. The maximum atomic E-state index is 11.8. The number of benzene rings is 1. The summed E-state index contributed by atoms with van der Waals surface area (Å²) in [5.41, 5.74) is 1.08. The molecular formula is C16H16BrN5O3. The predicted octanol–water partition coefficient (Wildman–Crippen LogP) is 1.58. The Kier molecular flexibility index (Phi) is 6.71. The van der Waals surface area contributed by atoms with Crippen molar-refractivity contribution in [3.05, 3.63) is 34.9 Å². The first kappa shape index (κ1) is 18.7. The molecule has 0 fully saturated rings. The largest absolute Gasteiger partial charge is 0.464 e. The van der Waals surface area contributed by atoms with Gasteiger partial charge in [-0.2, -0.15) is 4.98 Å². The summed E-state index contributed by atoms with van der Waals surface area (Å²) in [6.07, 6.45) is 6.65. The van der Waals surface area contributed by atoms with Crippen molar-refractivity contribution in [2.45, 2.75) is 6.42 Å². The van der Waals surface area contributed by atoms with E-state index in [1.54, 1.807) is 24.3 Å². The number of aliphatic hydroxyl groups excluding tert-OH is 1. The highest BCUT2D eigenvalue weighted by molar-refractivity contribution is 9.10. The second kappa shape index (κ2) is 8.98. The third-order valence-corrected chi connectivity index (χ3v) is 3.52. The molecule has 1 aromatic heterocycles. The normalized spacial score (nSPS) is 10.0. The number of rotatable bonds is 7. The van der Waals surface area contributed by atoms with Gasteiger partial charge >= 0.3 is 0 Å². The zero-order valence-electron chi connectivity index (χ0n) is 13.1. The van der Waals surface area contributed by atoms with E-state index in [1.807, 2.05) is 0 Å². The molecule has 0 spiro atoms. The summed E-state index contributed by atoms with van der Waals surface area (Å²) in [7, 11) is 0. The van der Waals surface area contributed by atoms with Crippen molar-refractivity contribution < 1.29 is 14.6 Å². The van der Waals surface area contributed by atoms with Crippen LogP contribution in [0.2, 0.25) is 0 Å². The lowest BCUT2D eigenvalue weighted by Gasteiger charge is -2.17. The summed E-state index contributed by atoms with van der Waals surface area (Å²) >= 11 is 3.28. The van der Waals surface area contributed by atoms with Gasteiger partial charge in [-0.1, -0.05) is 12.0 Å². The van der Waals surface area contributed by atoms with Gasteiger partial charge in [0, 0.05) is 5.69 Å². The van der Waals surface area contributed by atoms with Crippen molar-refractivity contribution in [3.8, 4) is 18.2 Å². The van der Waals surface area contributed by atoms with E-state index in [1.165, 1.54) is 6.20 Å². The Morgan fingerprint density at radius 2 is 2.32 bits per heavy atom. The maximum Gasteiger partial charge on any atom is 0.243 e. The highest BCUT2D eigenvalue weighted by Crippen LogP contribution is 2.25. The number of hydrogen-bond acceptors (Lipinski definition) is 7. The fraction of sp³-hybridized carbons (Fsp3) is 0.188. The van der Waals surface area contributed by atoms with Crippen LogP contribution in [-0.2, 0) is 4.79 Å². The molecule has 0 atom stereocenters. The molecule has 0 aliphatic rings. The molecule has 2 aromatic rings. The first-order valence-corrected chi connectivity index (χ1v) is 7.99. The van der Waals surface area contributed by atoms with Gasteiger partial charge in [0.05, 0.1) is 29.4 Å². The van der Waals surface area contributed by atoms with Gasteiger partial charge in [-0.15, -0.1) is 6.42 Å². The van der Waals surface area contributed by atoms with Crippen LogP contribution in [0.1, 0.15) is 6.42 Å². The number of anilines is 3. The topological polar surface area (TPSA) is 114 Å². The summed E-state index contributed by atoms with van der Waals surface area (Å²) in [6, 6.07) is 6.81. The summed E-state index contributed by atoms with van der Waals surface area (Å²) in [6.45, 7) is -0.183. The average molecular weight is 406 g/mol. The summed E-state index contributed by atoms with van der Waals surface area (Å²) < 4.78 is 5.89. The molecule has 0 bridgehead atoms. The van der Waals surface area contributed by atoms with Crippen LogP contribution >= 0.6 is 15.9 Å². The van der Waals surface area contributed by atoms with Crippen LogP contribution in [0.5, 0.6) is 5.88 Å². The number of amides is 1. The SMILES string of the molecule is C#CCOc1nc(Nc2cccc(N(N)C(=O)CCO)c2)ncc1Br. The van der Waals surface area contributed by atoms with Crippen molar-refractivity contribution in [2.24, 2.45) is 5.84 Å². The number of nitrogens with one attached hydrogen (secondary N) is 1. The molecule has 0 saturated carbocycles. The Bertz CT molecular complexity index is 794. The highest BCUT2D eigenvalue weighted by atomic mass is 79.9. The summed E-state index contributed by atoms with van der Waals surface area (Å²) in [4.78, 5) is 20.1. The smallest absolute Gasteiger partial charge is 0.243 e. The minimum Gasteiger partial charge on any atom is -0.464 e. The molecule has 25 heavy (non-hydrogen) atoms. The Labute approximate surface area is 153 Å². The van der Waals surface area contributed by atoms with Gasteiger partial charge < -0.3 is 15.2 Å². The Hall–Kier alpha value is -2.67. The van der Waals surface area contributed by atoms with Gasteiger partial charge in [-0.3, -0.25) is 4.79 Å². The van der Waals surface area contributed by atoms with Crippen molar-refractivity contribution >= 4 is 39.2 Å². The molecule has 9 heteroatoms. The molecule has 4 N–H and O–H groups in total. The van der Waals surface area contributed by atoms with Crippen LogP contribution in [-0.4, -0.2) is 34.2 Å². The maximum absolute atomic E-state index is 11.8. The molecule has 1 heterocycles. The van der Waals surface area contributed by atoms with Crippen molar-refractivity contribution in [3.63, 3.8) is 0 Å². The van der Waals surface area contributed by atoms with E-state index in [2.05, 4.69) is 37.1 Å². The van der Waals surface area contributed by atoms with Gasteiger partial charge in [0.25, 0.3) is 0 Å². The van der Waals surface area contributed by atoms with Gasteiger partial charge in [-0.05, 0) is 34.1 Å². The number of carbonyl (C=O) groups excluding carboxylic acids is 1. The third-order valence-electron chi connectivity index (χ3n) is 2.98. The van der Waals surface area contributed by atoms with Crippen LogP contribution in [0.15, 0.2) is 34.9 Å². The van der Waals surface area contributed by atoms with E-state index in [4.69, 9.17) is 22.1 Å². The number of ether oxygens (including phenoxy) is 1. The molecule has 8 nitrogen and oxygen atoms in total. The van der Waals surface area contributed by atoms with E-state index in [0.717, 1.165) is 5.01 Å². The van der Waals surface area contributed by atoms with Crippen LogP contribution < -0.4 is 20.9 Å². The van der Waals surface area contributed by atoms with Crippen LogP contribution in [0.3, 0.4) is 0 Å². The third kappa shape index (κ3) is 5.15. The summed E-state index contributed by atoms with van der Waals surface area (Å²) in [5, 5.41) is 12.8. The molecule has 0 aliphatic carbocycles. The molecule has 130 valence electrons. The van der Waals surface area contributed by atoms with E-state index >= 15 is 0 Å². The van der Waals surface area contributed by atoms with Crippen molar-refractivity contribution in [1.82, 2.24) is 9.97 Å². The number of halogens is 1. The fourth-order valence-electron chi connectivity index (χ4n) is 1.85. The number of aliphatic hydroxyl groups is 1. The number of nitrogens with zero attached hydrogens (tertiary/aromatic N) is 3. The Morgan fingerprint density at radius 3 is 3.04 bits per heavy atom. The van der Waals surface area contributed by atoms with Crippen LogP contribution in [0, 0.1) is 12.3 Å². The average Bonchev–Trinajstić information content (AvgIpc) is 2.62. The number of carbonyl (C=O) groups is 1. The molecular weight excluding hydrogens is 390 g/mol. The number of hydrazine groups is 1. The minimum absolute atomic E-state index is 0.0557. The van der Waals surface area contributed by atoms with Gasteiger partial charge in [0.1, 0.15) is 0 Å². The standard InChI is InChI=1S/C16H16BrN5O3/c1-2-8-25-15-13(17)10-19-16(21-15)20-11-4-3-5-12(9-11)22(18)14(24)6-7-23/h1,3-5,9-10,23H,6-8,18H2,(H,19,20,21). The monoisotopic (exact) mass is 405 g/mol. The molecule has 2 rings (SSSR count). The number of aromatic nitrogens is 2. The van der Waals surface area contributed by atoms with Crippen LogP contribution in [0.25, 0.3) is 0 Å². The van der Waals surface area contributed by atoms with E-state index in [0.29, 0.717) is 21.7 Å². The van der Waals surface area contributed by atoms with Gasteiger partial charge in [-0.25, -0.2) is 15.8 Å². The van der Waals surface area contributed by atoms with E-state index in [9.17, 15) is 4.79 Å². The van der Waals surface area contributed by atoms with Crippen LogP contribution in [0.4, 0.5) is 17.3 Å². The number of terminal acetylenes is 1. The quantitative estimate of drug-likeness (QED) is 0.277. The lowest BCUT2D eigenvalue weighted by Crippen LogP contribution is -2.37. The molecule has 0 unspecified atom stereocenters. The summed E-state index contributed by atoms with van der Waals surface area (Å²) in [5.74, 6) is 8.32. The number of nitrogens with two attached hydrogens (primary N) is 1. The first-order valence-electron chi connectivity index (χ1n) is 7.19. The number of hydrogen-bond donors (Lipinski definition) is 3. The second-order valence-corrected chi connectivity index (χ2v) is 5.61. The van der Waals surface area contributed by atoms with E-state index in [-0.39, 0.29) is 25.6 Å². The Balaban J connectivity index is 2.17. The van der Waals surface area contributed by atoms with Gasteiger partial charge in [0.15, 0.2) is 6.61 Å². The second-order valence-electron chi connectivity index (χ2n) is 4.75. The molecule has 1 aromatic carbocycles. The predicted molar refractivity (Wildman–Crippen MR) is 97.2 cm³/mol. The molecule has 1 amide bonds. The van der Waals surface area contributed by atoms with Crippen molar-refractivity contribution in [2.75, 3.05) is 23.5 Å². The molecule has 0 aliphatic heterocycles. The highest BCUT2D eigenvalue weighted by Gasteiger charge is 2.12. The fourth-order valence-corrected chi connectivity index (χ4v) is 2.15. The lowest BCUT2D eigenvalue weighted by molar-refractivity contribution is -0.119. The van der Waals surface area contributed by atoms with Crippen molar-refractivity contribution in [1.29, 1.82) is 0 Å². The zero-order valence-corrected chi connectivity index (χ0v) is 14.7. The minimum atomic E-state index is -0.399. The van der Waals surface area contributed by atoms with E-state index < -0.39 is 5.91 Å². The zero-order chi connectivity index (χ0) is 18.2. The first-order chi connectivity index (χ1) is 12.0. The van der Waals surface area contributed by atoms with Gasteiger partial charge in [0.2, 0.25) is 17.7 Å². The lowest BCUT2D eigenvalue weighted by atomic mass is 10.2.